The van der Waals surface area contributed by atoms with Crippen molar-refractivity contribution in [3.8, 4) is 0 Å². The average molecular weight is 238 g/mol. The van der Waals surface area contributed by atoms with Gasteiger partial charge in [0.1, 0.15) is 5.82 Å². The van der Waals surface area contributed by atoms with E-state index in [4.69, 9.17) is 5.73 Å². The van der Waals surface area contributed by atoms with E-state index in [1.165, 1.54) is 0 Å². The van der Waals surface area contributed by atoms with Crippen molar-refractivity contribution in [2.45, 2.75) is 12.8 Å². The third kappa shape index (κ3) is 2.05. The van der Waals surface area contributed by atoms with Gasteiger partial charge in [-0.25, -0.2) is 4.98 Å². The summed E-state index contributed by atoms with van der Waals surface area (Å²) in [6, 6.07) is 9.85. The predicted octanol–water partition coefficient (Wildman–Crippen LogP) is 2.33. The lowest BCUT2D eigenvalue weighted by molar-refractivity contribution is 0.892. The van der Waals surface area contributed by atoms with Crippen molar-refractivity contribution in [3.05, 3.63) is 54.1 Å². The minimum atomic E-state index is 0.843. The van der Waals surface area contributed by atoms with Crippen LogP contribution >= 0.6 is 0 Å². The van der Waals surface area contributed by atoms with Gasteiger partial charge in [-0.3, -0.25) is 4.98 Å². The van der Waals surface area contributed by atoms with Crippen molar-refractivity contribution in [1.29, 1.82) is 0 Å². The standard InChI is InChI=1S/C14H14N4/c15-11-4-2-1-3-10(11)5-6-14-17-12-7-8-16-9-13(12)18-14/h1-4,7-9H,5-6,15H2,(H,17,18). The van der Waals surface area contributed by atoms with Gasteiger partial charge in [0.25, 0.3) is 0 Å². The lowest BCUT2D eigenvalue weighted by Gasteiger charge is -2.03. The molecule has 0 saturated carbocycles. The summed E-state index contributed by atoms with van der Waals surface area (Å²) in [7, 11) is 0. The van der Waals surface area contributed by atoms with Gasteiger partial charge in [-0.15, -0.1) is 0 Å². The fourth-order valence-corrected chi connectivity index (χ4v) is 2.04. The first kappa shape index (κ1) is 10.8. The SMILES string of the molecule is Nc1ccccc1CCc1nc2ccncc2[nH]1. The second-order valence-electron chi connectivity index (χ2n) is 4.28. The Morgan fingerprint density at radius 1 is 1.11 bits per heavy atom. The van der Waals surface area contributed by atoms with Gasteiger partial charge >= 0.3 is 0 Å². The number of nitrogens with zero attached hydrogens (tertiary/aromatic N) is 2. The zero-order chi connectivity index (χ0) is 12.4. The largest absolute Gasteiger partial charge is 0.399 e. The Hall–Kier alpha value is -2.36. The van der Waals surface area contributed by atoms with Crippen LogP contribution in [0.2, 0.25) is 0 Å². The van der Waals surface area contributed by atoms with Gasteiger partial charge in [0.05, 0.1) is 17.2 Å². The van der Waals surface area contributed by atoms with E-state index in [9.17, 15) is 0 Å². The number of nitrogens with one attached hydrogen (secondary N) is 1. The molecule has 0 aliphatic carbocycles. The molecule has 0 amide bonds. The normalized spacial score (nSPS) is 10.9. The third-order valence-corrected chi connectivity index (χ3v) is 3.02. The minimum Gasteiger partial charge on any atom is -0.399 e. The summed E-state index contributed by atoms with van der Waals surface area (Å²) < 4.78 is 0. The van der Waals surface area contributed by atoms with Crippen LogP contribution in [0.1, 0.15) is 11.4 Å². The van der Waals surface area contributed by atoms with Crippen LogP contribution in [0.3, 0.4) is 0 Å². The number of aryl methyl sites for hydroxylation is 2. The van der Waals surface area contributed by atoms with E-state index in [0.29, 0.717) is 0 Å². The average Bonchev–Trinajstić information content (AvgIpc) is 2.80. The molecule has 0 spiro atoms. The molecule has 3 N–H and O–H groups in total. The molecule has 0 aliphatic rings. The number of aromatic nitrogens is 3. The molecule has 90 valence electrons. The second-order valence-corrected chi connectivity index (χ2v) is 4.28. The first-order valence-corrected chi connectivity index (χ1v) is 5.95. The highest BCUT2D eigenvalue weighted by Gasteiger charge is 2.04. The predicted molar refractivity (Wildman–Crippen MR) is 72.2 cm³/mol. The maximum absolute atomic E-state index is 5.92. The van der Waals surface area contributed by atoms with E-state index >= 15 is 0 Å². The Bertz CT molecular complexity index is 639. The molecule has 0 bridgehead atoms. The number of anilines is 1. The van der Waals surface area contributed by atoms with Gasteiger partial charge in [-0.2, -0.15) is 0 Å². The van der Waals surface area contributed by atoms with E-state index in [0.717, 1.165) is 41.0 Å². The Balaban J connectivity index is 1.79. The Kier molecular flexibility index (Phi) is 2.68. The number of imidazole rings is 1. The quantitative estimate of drug-likeness (QED) is 0.688. The first-order chi connectivity index (χ1) is 8.83. The van der Waals surface area contributed by atoms with Crippen molar-refractivity contribution in [3.63, 3.8) is 0 Å². The second kappa shape index (κ2) is 4.49. The van der Waals surface area contributed by atoms with Crippen molar-refractivity contribution in [2.24, 2.45) is 0 Å². The zero-order valence-corrected chi connectivity index (χ0v) is 9.93. The first-order valence-electron chi connectivity index (χ1n) is 5.95. The molecule has 4 nitrogen and oxygen atoms in total. The number of rotatable bonds is 3. The summed E-state index contributed by atoms with van der Waals surface area (Å²) in [5, 5.41) is 0. The number of hydrogen-bond donors (Lipinski definition) is 2. The van der Waals surface area contributed by atoms with Gasteiger partial charge in [-0.1, -0.05) is 18.2 Å². The Morgan fingerprint density at radius 3 is 2.83 bits per heavy atom. The molecular formula is C14H14N4. The van der Waals surface area contributed by atoms with Gasteiger partial charge < -0.3 is 10.7 Å². The van der Waals surface area contributed by atoms with E-state index in [1.54, 1.807) is 12.4 Å². The number of pyridine rings is 1. The molecule has 0 saturated heterocycles. The molecule has 4 heteroatoms. The van der Waals surface area contributed by atoms with Gasteiger partial charge in [0, 0.05) is 18.3 Å². The van der Waals surface area contributed by atoms with Gasteiger partial charge in [-0.05, 0) is 24.1 Å². The lowest BCUT2D eigenvalue weighted by Crippen LogP contribution is -1.97. The van der Waals surface area contributed by atoms with E-state index in [1.807, 2.05) is 24.3 Å². The summed E-state index contributed by atoms with van der Waals surface area (Å²) >= 11 is 0. The number of H-pyrrole nitrogens is 1. The Morgan fingerprint density at radius 2 is 2.00 bits per heavy atom. The summed E-state index contributed by atoms with van der Waals surface area (Å²) in [4.78, 5) is 11.9. The number of nitrogen functional groups attached to an aromatic ring is 1. The lowest BCUT2D eigenvalue weighted by atomic mass is 10.1. The molecule has 2 aromatic heterocycles. The fourth-order valence-electron chi connectivity index (χ4n) is 2.04. The molecule has 1 aromatic carbocycles. The monoisotopic (exact) mass is 238 g/mol. The molecule has 0 aliphatic heterocycles. The van der Waals surface area contributed by atoms with Crippen LogP contribution in [0.5, 0.6) is 0 Å². The van der Waals surface area contributed by atoms with Crippen LogP contribution in [0, 0.1) is 0 Å². The van der Waals surface area contributed by atoms with E-state index < -0.39 is 0 Å². The Labute approximate surface area is 105 Å². The molecule has 2 heterocycles. The summed E-state index contributed by atoms with van der Waals surface area (Å²) in [6.45, 7) is 0. The van der Waals surface area contributed by atoms with Crippen molar-refractivity contribution in [2.75, 3.05) is 5.73 Å². The molecule has 0 unspecified atom stereocenters. The minimum absolute atomic E-state index is 0.843. The highest BCUT2D eigenvalue weighted by Crippen LogP contribution is 2.14. The van der Waals surface area contributed by atoms with Crippen LogP contribution in [0.25, 0.3) is 11.0 Å². The van der Waals surface area contributed by atoms with E-state index in [-0.39, 0.29) is 0 Å². The van der Waals surface area contributed by atoms with E-state index in [2.05, 4.69) is 21.0 Å². The smallest absolute Gasteiger partial charge is 0.107 e. The number of para-hydroxylation sites is 1. The van der Waals surface area contributed by atoms with Crippen LogP contribution < -0.4 is 5.73 Å². The highest BCUT2D eigenvalue weighted by molar-refractivity contribution is 5.73. The maximum Gasteiger partial charge on any atom is 0.107 e. The van der Waals surface area contributed by atoms with Crippen LogP contribution in [0.4, 0.5) is 5.69 Å². The topological polar surface area (TPSA) is 67.6 Å². The third-order valence-electron chi connectivity index (χ3n) is 3.02. The van der Waals surface area contributed by atoms with Crippen molar-refractivity contribution in [1.82, 2.24) is 15.0 Å². The highest BCUT2D eigenvalue weighted by atomic mass is 14.9. The number of hydrogen-bond acceptors (Lipinski definition) is 3. The summed E-state index contributed by atoms with van der Waals surface area (Å²) in [5.74, 6) is 0.973. The maximum atomic E-state index is 5.92. The number of nitrogens with two attached hydrogens (primary N) is 1. The van der Waals surface area contributed by atoms with Crippen LogP contribution in [0.15, 0.2) is 42.7 Å². The van der Waals surface area contributed by atoms with Gasteiger partial charge in [0.2, 0.25) is 0 Å². The molecule has 3 rings (SSSR count). The van der Waals surface area contributed by atoms with Crippen LogP contribution in [-0.4, -0.2) is 15.0 Å². The molecule has 3 aromatic rings. The van der Waals surface area contributed by atoms with Crippen molar-refractivity contribution < 1.29 is 0 Å². The summed E-state index contributed by atoms with van der Waals surface area (Å²) in [5.41, 5.74) is 9.86. The van der Waals surface area contributed by atoms with Crippen LogP contribution in [-0.2, 0) is 12.8 Å². The summed E-state index contributed by atoms with van der Waals surface area (Å²) in [6.07, 6.45) is 5.29. The fraction of sp³-hybridized carbons (Fsp3) is 0.143. The zero-order valence-electron chi connectivity index (χ0n) is 9.93. The number of fused-ring (bicyclic) bond motifs is 1. The van der Waals surface area contributed by atoms with Gasteiger partial charge in [0.15, 0.2) is 0 Å². The molecule has 0 fully saturated rings. The molecule has 18 heavy (non-hydrogen) atoms. The molecule has 0 radical (unpaired) electrons. The number of aromatic amines is 1. The molecular weight excluding hydrogens is 224 g/mol. The number of benzene rings is 1. The molecule has 0 atom stereocenters. The van der Waals surface area contributed by atoms with Crippen molar-refractivity contribution >= 4 is 16.7 Å².